The van der Waals surface area contributed by atoms with E-state index in [1.54, 1.807) is 12.1 Å². The normalized spacial score (nSPS) is 15.3. The summed E-state index contributed by atoms with van der Waals surface area (Å²) in [7, 11) is 0. The molecule has 0 saturated heterocycles. The minimum atomic E-state index is -0.399. The molecule has 0 N–H and O–H groups in total. The van der Waals surface area contributed by atoms with Crippen molar-refractivity contribution in [3.63, 3.8) is 0 Å². The third-order valence-corrected chi connectivity index (χ3v) is 2.15. The van der Waals surface area contributed by atoms with Crippen LogP contribution in [-0.2, 0) is 4.74 Å². The van der Waals surface area contributed by atoms with Gasteiger partial charge in [-0.2, -0.15) is 0 Å². The summed E-state index contributed by atoms with van der Waals surface area (Å²) in [6.45, 7) is 1.23. The van der Waals surface area contributed by atoms with Crippen LogP contribution in [0.25, 0.3) is 5.57 Å². The number of nitrogens with zero attached hydrogens (tertiary/aromatic N) is 1. The van der Waals surface area contributed by atoms with E-state index in [9.17, 15) is 10.1 Å². The van der Waals surface area contributed by atoms with Crippen molar-refractivity contribution in [1.82, 2.24) is 0 Å². The van der Waals surface area contributed by atoms with Crippen LogP contribution in [0.5, 0.6) is 0 Å². The Kier molecular flexibility index (Phi) is 2.28. The molecule has 1 aliphatic rings. The van der Waals surface area contributed by atoms with E-state index in [-0.39, 0.29) is 5.69 Å². The molecule has 0 amide bonds. The lowest BCUT2D eigenvalue weighted by Crippen LogP contribution is -1.90. The summed E-state index contributed by atoms with van der Waals surface area (Å²) in [5, 5.41) is 10.4. The highest BCUT2D eigenvalue weighted by atomic mass is 16.6. The molecule has 1 aromatic carbocycles. The van der Waals surface area contributed by atoms with Crippen LogP contribution in [0.2, 0.25) is 0 Å². The maximum atomic E-state index is 10.4. The van der Waals surface area contributed by atoms with Gasteiger partial charge in [0.2, 0.25) is 0 Å². The molecule has 14 heavy (non-hydrogen) atoms. The summed E-state index contributed by atoms with van der Waals surface area (Å²) in [6.07, 6.45) is 1.99. The van der Waals surface area contributed by atoms with Gasteiger partial charge in [-0.1, -0.05) is 6.08 Å². The fourth-order valence-corrected chi connectivity index (χ4v) is 1.39. The van der Waals surface area contributed by atoms with E-state index in [1.165, 1.54) is 12.1 Å². The maximum Gasteiger partial charge on any atom is 0.269 e. The van der Waals surface area contributed by atoms with Crippen molar-refractivity contribution in [1.29, 1.82) is 0 Å². The van der Waals surface area contributed by atoms with E-state index in [0.717, 1.165) is 11.1 Å². The quantitative estimate of drug-likeness (QED) is 0.530. The zero-order valence-corrected chi connectivity index (χ0v) is 7.47. The molecule has 4 heteroatoms. The molecule has 72 valence electrons. The van der Waals surface area contributed by atoms with Crippen LogP contribution in [0, 0.1) is 10.1 Å². The zero-order chi connectivity index (χ0) is 9.97. The summed E-state index contributed by atoms with van der Waals surface area (Å²) >= 11 is 0. The van der Waals surface area contributed by atoms with Crippen molar-refractivity contribution >= 4 is 11.3 Å². The number of nitro benzene ring substituents is 1. The number of benzene rings is 1. The minimum Gasteiger partial charge on any atom is -0.373 e. The zero-order valence-electron chi connectivity index (χ0n) is 7.47. The van der Waals surface area contributed by atoms with E-state index < -0.39 is 4.92 Å². The van der Waals surface area contributed by atoms with Gasteiger partial charge in [0.1, 0.15) is 0 Å². The highest BCUT2D eigenvalue weighted by Gasteiger charge is 2.09. The molecule has 1 heterocycles. The Morgan fingerprint density at radius 3 is 2.50 bits per heavy atom. The van der Waals surface area contributed by atoms with Crippen molar-refractivity contribution in [2.24, 2.45) is 0 Å². The van der Waals surface area contributed by atoms with Gasteiger partial charge in [-0.25, -0.2) is 0 Å². The lowest BCUT2D eigenvalue weighted by Gasteiger charge is -1.99. The highest BCUT2D eigenvalue weighted by Crippen LogP contribution is 2.21. The van der Waals surface area contributed by atoms with Crippen molar-refractivity contribution < 1.29 is 9.66 Å². The number of hydrogen-bond acceptors (Lipinski definition) is 3. The topological polar surface area (TPSA) is 52.4 Å². The van der Waals surface area contributed by atoms with Crippen LogP contribution < -0.4 is 0 Å². The molecule has 0 aliphatic carbocycles. The molecule has 2 rings (SSSR count). The van der Waals surface area contributed by atoms with Crippen LogP contribution in [0.3, 0.4) is 0 Å². The molecule has 0 fully saturated rings. The summed E-state index contributed by atoms with van der Waals surface area (Å²) in [6, 6.07) is 6.51. The third-order valence-electron chi connectivity index (χ3n) is 2.15. The van der Waals surface area contributed by atoms with Crippen LogP contribution in [0.15, 0.2) is 30.3 Å². The van der Waals surface area contributed by atoms with E-state index >= 15 is 0 Å². The van der Waals surface area contributed by atoms with Gasteiger partial charge >= 0.3 is 0 Å². The largest absolute Gasteiger partial charge is 0.373 e. The SMILES string of the molecule is O=[N+]([O-])c1ccc(C2=CCOC2)cc1. The Balaban J connectivity index is 2.25. The molecule has 1 aliphatic heterocycles. The van der Waals surface area contributed by atoms with Gasteiger partial charge in [0.15, 0.2) is 0 Å². The first-order valence-corrected chi connectivity index (χ1v) is 4.29. The average Bonchev–Trinajstić information content (AvgIpc) is 2.71. The molecule has 0 spiro atoms. The molecule has 4 nitrogen and oxygen atoms in total. The van der Waals surface area contributed by atoms with E-state index in [1.807, 2.05) is 6.08 Å². The molecule has 0 aromatic heterocycles. The van der Waals surface area contributed by atoms with Crippen molar-refractivity contribution in [3.8, 4) is 0 Å². The monoisotopic (exact) mass is 191 g/mol. The fourth-order valence-electron chi connectivity index (χ4n) is 1.39. The Morgan fingerprint density at radius 1 is 1.29 bits per heavy atom. The molecule has 0 saturated carbocycles. The van der Waals surface area contributed by atoms with Crippen molar-refractivity contribution in [3.05, 3.63) is 46.0 Å². The van der Waals surface area contributed by atoms with Crippen LogP contribution in [0.4, 0.5) is 5.69 Å². The van der Waals surface area contributed by atoms with Gasteiger partial charge in [0, 0.05) is 12.1 Å². The van der Waals surface area contributed by atoms with Gasteiger partial charge in [0.25, 0.3) is 5.69 Å². The number of non-ortho nitro benzene ring substituents is 1. The van der Waals surface area contributed by atoms with Crippen LogP contribution >= 0.6 is 0 Å². The first-order valence-electron chi connectivity index (χ1n) is 4.29. The molecule has 1 aromatic rings. The molecule has 0 radical (unpaired) electrons. The molecular weight excluding hydrogens is 182 g/mol. The Labute approximate surface area is 81.0 Å². The van der Waals surface area contributed by atoms with E-state index in [2.05, 4.69) is 0 Å². The summed E-state index contributed by atoms with van der Waals surface area (Å²) in [5.41, 5.74) is 2.21. The second-order valence-electron chi connectivity index (χ2n) is 3.05. The average molecular weight is 191 g/mol. The van der Waals surface area contributed by atoms with Gasteiger partial charge < -0.3 is 4.74 Å². The first kappa shape index (κ1) is 8.90. The first-order chi connectivity index (χ1) is 6.77. The highest BCUT2D eigenvalue weighted by molar-refractivity contribution is 5.68. The Morgan fingerprint density at radius 2 is 2.00 bits per heavy atom. The van der Waals surface area contributed by atoms with Crippen LogP contribution in [-0.4, -0.2) is 18.1 Å². The van der Waals surface area contributed by atoms with Crippen LogP contribution in [0.1, 0.15) is 5.56 Å². The van der Waals surface area contributed by atoms with Gasteiger partial charge in [-0.05, 0) is 23.3 Å². The number of hydrogen-bond donors (Lipinski definition) is 0. The van der Waals surface area contributed by atoms with Gasteiger partial charge in [0.05, 0.1) is 18.1 Å². The standard InChI is InChI=1S/C10H9NO3/c12-11(13)10-3-1-8(2-4-10)9-5-6-14-7-9/h1-5H,6-7H2. The van der Waals surface area contributed by atoms with Gasteiger partial charge in [-0.15, -0.1) is 0 Å². The van der Waals surface area contributed by atoms with Gasteiger partial charge in [-0.3, -0.25) is 10.1 Å². The summed E-state index contributed by atoms with van der Waals surface area (Å²) in [4.78, 5) is 10.0. The summed E-state index contributed by atoms with van der Waals surface area (Å²) in [5.74, 6) is 0. The smallest absolute Gasteiger partial charge is 0.269 e. The van der Waals surface area contributed by atoms with Crippen molar-refractivity contribution in [2.75, 3.05) is 13.2 Å². The number of ether oxygens (including phenoxy) is 1. The predicted molar refractivity (Wildman–Crippen MR) is 51.9 cm³/mol. The lowest BCUT2D eigenvalue weighted by molar-refractivity contribution is -0.384. The minimum absolute atomic E-state index is 0.119. The lowest BCUT2D eigenvalue weighted by atomic mass is 10.1. The number of nitro groups is 1. The van der Waals surface area contributed by atoms with E-state index in [0.29, 0.717) is 13.2 Å². The second kappa shape index (κ2) is 3.59. The summed E-state index contributed by atoms with van der Waals surface area (Å²) < 4.78 is 5.16. The maximum absolute atomic E-state index is 10.4. The second-order valence-corrected chi connectivity index (χ2v) is 3.05. The Hall–Kier alpha value is -1.68. The fraction of sp³-hybridized carbons (Fsp3) is 0.200. The molecule has 0 unspecified atom stereocenters. The third kappa shape index (κ3) is 1.65. The molecule has 0 atom stereocenters. The molecular formula is C10H9NO3. The predicted octanol–water partition coefficient (Wildman–Crippen LogP) is 2.01. The Bertz CT molecular complexity index is 381. The van der Waals surface area contributed by atoms with E-state index in [4.69, 9.17) is 4.74 Å². The van der Waals surface area contributed by atoms with Crippen molar-refractivity contribution in [2.45, 2.75) is 0 Å². The molecule has 0 bridgehead atoms. The number of rotatable bonds is 2.